The van der Waals surface area contributed by atoms with E-state index in [2.05, 4.69) is 5.32 Å². The smallest absolute Gasteiger partial charge is 0.344 e. The second-order valence-electron chi connectivity index (χ2n) is 6.89. The van der Waals surface area contributed by atoms with Crippen LogP contribution >= 0.6 is 11.6 Å². The number of anilines is 1. The van der Waals surface area contributed by atoms with E-state index in [4.69, 9.17) is 26.3 Å². The Labute approximate surface area is 175 Å². The van der Waals surface area contributed by atoms with E-state index in [9.17, 15) is 9.59 Å². The van der Waals surface area contributed by atoms with Crippen LogP contribution in [-0.4, -0.2) is 24.6 Å². The van der Waals surface area contributed by atoms with Gasteiger partial charge >= 0.3 is 5.97 Å². The fourth-order valence-electron chi connectivity index (χ4n) is 2.54. The summed E-state index contributed by atoms with van der Waals surface area (Å²) in [5.74, 6) is -0.409. The summed E-state index contributed by atoms with van der Waals surface area (Å²) in [6.07, 6.45) is -1.00. The average Bonchev–Trinajstić information content (AvgIpc) is 2.68. The standard InChI is InChI=1S/C22H23ClN2O4/c1-13(2)18-10-19(23)14(3)9-20(18)28-12-21(26)29-15(4)22(27)25-17-7-5-16(11-24)6-8-17/h5-10,13,15H,12H2,1-4H3,(H,25,27). The zero-order chi connectivity index (χ0) is 21.6. The van der Waals surface area contributed by atoms with Gasteiger partial charge < -0.3 is 14.8 Å². The highest BCUT2D eigenvalue weighted by Crippen LogP contribution is 2.32. The number of hydrogen-bond acceptors (Lipinski definition) is 5. The van der Waals surface area contributed by atoms with Crippen molar-refractivity contribution in [3.05, 3.63) is 58.1 Å². The molecular formula is C22H23ClN2O4. The number of benzene rings is 2. The number of nitrogens with one attached hydrogen (secondary N) is 1. The summed E-state index contributed by atoms with van der Waals surface area (Å²) in [6, 6.07) is 12.0. The van der Waals surface area contributed by atoms with Gasteiger partial charge in [0.05, 0.1) is 11.6 Å². The Hall–Kier alpha value is -3.04. The number of ether oxygens (including phenoxy) is 2. The molecule has 2 aromatic carbocycles. The summed E-state index contributed by atoms with van der Waals surface area (Å²) in [5, 5.41) is 12.1. The lowest BCUT2D eigenvalue weighted by atomic mass is 10.0. The molecular weight excluding hydrogens is 392 g/mol. The van der Waals surface area contributed by atoms with E-state index in [-0.39, 0.29) is 12.5 Å². The normalized spacial score (nSPS) is 11.5. The maximum absolute atomic E-state index is 12.2. The first-order valence-corrected chi connectivity index (χ1v) is 9.52. The van der Waals surface area contributed by atoms with Gasteiger partial charge in [0.25, 0.3) is 5.91 Å². The van der Waals surface area contributed by atoms with Crippen LogP contribution < -0.4 is 10.1 Å². The first-order valence-electron chi connectivity index (χ1n) is 9.14. The van der Waals surface area contributed by atoms with Crippen LogP contribution in [-0.2, 0) is 14.3 Å². The van der Waals surface area contributed by atoms with Crippen LogP contribution in [0.1, 0.15) is 43.4 Å². The number of halogens is 1. The number of rotatable bonds is 7. The van der Waals surface area contributed by atoms with Crippen LogP contribution in [0.4, 0.5) is 5.69 Å². The van der Waals surface area contributed by atoms with Crippen LogP contribution in [0, 0.1) is 18.3 Å². The van der Waals surface area contributed by atoms with E-state index in [1.165, 1.54) is 6.92 Å². The fraction of sp³-hybridized carbons (Fsp3) is 0.318. The van der Waals surface area contributed by atoms with Crippen LogP contribution in [0.3, 0.4) is 0 Å². The van der Waals surface area contributed by atoms with Crippen molar-refractivity contribution in [3.8, 4) is 11.8 Å². The van der Waals surface area contributed by atoms with Crippen LogP contribution in [0.25, 0.3) is 0 Å². The van der Waals surface area contributed by atoms with E-state index in [1.54, 1.807) is 30.3 Å². The van der Waals surface area contributed by atoms with Crippen molar-refractivity contribution in [1.29, 1.82) is 5.26 Å². The molecule has 7 heteroatoms. The first kappa shape index (κ1) is 22.3. The molecule has 0 fully saturated rings. The summed E-state index contributed by atoms with van der Waals surface area (Å²) in [4.78, 5) is 24.3. The van der Waals surface area contributed by atoms with E-state index in [0.29, 0.717) is 22.0 Å². The monoisotopic (exact) mass is 414 g/mol. The van der Waals surface area contributed by atoms with Gasteiger partial charge in [0, 0.05) is 10.7 Å². The van der Waals surface area contributed by atoms with Crippen molar-refractivity contribution < 1.29 is 19.1 Å². The predicted molar refractivity (Wildman–Crippen MR) is 111 cm³/mol. The molecule has 0 spiro atoms. The molecule has 1 N–H and O–H groups in total. The van der Waals surface area contributed by atoms with E-state index in [0.717, 1.165) is 11.1 Å². The van der Waals surface area contributed by atoms with Crippen molar-refractivity contribution in [3.63, 3.8) is 0 Å². The van der Waals surface area contributed by atoms with Crippen molar-refractivity contribution in [2.75, 3.05) is 11.9 Å². The molecule has 2 rings (SSSR count). The van der Waals surface area contributed by atoms with Crippen molar-refractivity contribution in [2.24, 2.45) is 0 Å². The van der Waals surface area contributed by atoms with E-state index < -0.39 is 18.0 Å². The van der Waals surface area contributed by atoms with Gasteiger partial charge in [0.2, 0.25) is 0 Å². The number of aryl methyl sites for hydroxylation is 1. The number of nitriles is 1. The number of amides is 1. The molecule has 2 aromatic rings. The minimum atomic E-state index is -1.00. The SMILES string of the molecule is Cc1cc(OCC(=O)OC(C)C(=O)Nc2ccc(C#N)cc2)c(C(C)C)cc1Cl. The molecule has 0 heterocycles. The van der Waals surface area contributed by atoms with Crippen LogP contribution in [0.2, 0.25) is 5.02 Å². The molecule has 152 valence electrons. The third-order valence-electron chi connectivity index (χ3n) is 4.22. The minimum absolute atomic E-state index is 0.163. The second kappa shape index (κ2) is 9.94. The summed E-state index contributed by atoms with van der Waals surface area (Å²) in [7, 11) is 0. The van der Waals surface area contributed by atoms with Gasteiger partial charge in [-0.2, -0.15) is 5.26 Å². The van der Waals surface area contributed by atoms with Crippen molar-refractivity contribution in [1.82, 2.24) is 0 Å². The number of nitrogens with zero attached hydrogens (tertiary/aromatic N) is 1. The number of carbonyl (C=O) groups is 2. The van der Waals surface area contributed by atoms with Gasteiger partial charge in [-0.05, 0) is 67.3 Å². The Morgan fingerprint density at radius 2 is 1.83 bits per heavy atom. The minimum Gasteiger partial charge on any atom is -0.482 e. The largest absolute Gasteiger partial charge is 0.482 e. The summed E-state index contributed by atoms with van der Waals surface area (Å²) >= 11 is 6.17. The maximum atomic E-state index is 12.2. The Bertz CT molecular complexity index is 933. The van der Waals surface area contributed by atoms with Gasteiger partial charge in [-0.15, -0.1) is 0 Å². The van der Waals surface area contributed by atoms with E-state index >= 15 is 0 Å². The molecule has 0 radical (unpaired) electrons. The maximum Gasteiger partial charge on any atom is 0.344 e. The van der Waals surface area contributed by atoms with Gasteiger partial charge in [-0.1, -0.05) is 25.4 Å². The third kappa shape index (κ3) is 6.23. The van der Waals surface area contributed by atoms with Gasteiger partial charge in [0.15, 0.2) is 12.7 Å². The highest BCUT2D eigenvalue weighted by molar-refractivity contribution is 6.31. The highest BCUT2D eigenvalue weighted by atomic mass is 35.5. The Morgan fingerprint density at radius 1 is 1.17 bits per heavy atom. The molecule has 1 atom stereocenters. The summed E-state index contributed by atoms with van der Waals surface area (Å²) in [5.41, 5.74) is 2.72. The van der Waals surface area contributed by atoms with Crippen LogP contribution in [0.5, 0.6) is 5.75 Å². The molecule has 0 aliphatic heterocycles. The lowest BCUT2D eigenvalue weighted by Crippen LogP contribution is -2.31. The van der Waals surface area contributed by atoms with E-state index in [1.807, 2.05) is 32.9 Å². The Balaban J connectivity index is 1.92. The number of esters is 1. The lowest BCUT2D eigenvalue weighted by molar-refractivity contribution is -0.155. The fourth-order valence-corrected chi connectivity index (χ4v) is 2.71. The molecule has 29 heavy (non-hydrogen) atoms. The molecule has 0 bridgehead atoms. The molecule has 0 aliphatic rings. The van der Waals surface area contributed by atoms with Gasteiger partial charge in [0.1, 0.15) is 5.75 Å². The first-order chi connectivity index (χ1) is 13.7. The molecule has 0 aliphatic carbocycles. The zero-order valence-electron chi connectivity index (χ0n) is 16.8. The third-order valence-corrected chi connectivity index (χ3v) is 4.62. The molecule has 0 saturated heterocycles. The molecule has 1 unspecified atom stereocenters. The van der Waals surface area contributed by atoms with Gasteiger partial charge in [-0.25, -0.2) is 4.79 Å². The summed E-state index contributed by atoms with van der Waals surface area (Å²) in [6.45, 7) is 7.01. The second-order valence-corrected chi connectivity index (χ2v) is 7.30. The highest BCUT2D eigenvalue weighted by Gasteiger charge is 2.19. The molecule has 0 saturated carbocycles. The summed E-state index contributed by atoms with van der Waals surface area (Å²) < 4.78 is 10.8. The molecule has 6 nitrogen and oxygen atoms in total. The Kier molecular flexibility index (Phi) is 7.63. The van der Waals surface area contributed by atoms with Gasteiger partial charge in [-0.3, -0.25) is 4.79 Å². The topological polar surface area (TPSA) is 88.4 Å². The van der Waals surface area contributed by atoms with Crippen molar-refractivity contribution >= 4 is 29.2 Å². The van der Waals surface area contributed by atoms with Crippen molar-refractivity contribution in [2.45, 2.75) is 39.7 Å². The quantitative estimate of drug-likeness (QED) is 0.669. The molecule has 1 amide bonds. The number of hydrogen-bond donors (Lipinski definition) is 1. The number of carbonyl (C=O) groups excluding carboxylic acids is 2. The predicted octanol–water partition coefficient (Wildman–Crippen LogP) is 4.59. The zero-order valence-corrected chi connectivity index (χ0v) is 17.5. The molecule has 0 aromatic heterocycles. The van der Waals surface area contributed by atoms with Crippen LogP contribution in [0.15, 0.2) is 36.4 Å². The average molecular weight is 415 g/mol. The Morgan fingerprint density at radius 3 is 2.41 bits per heavy atom. The lowest BCUT2D eigenvalue weighted by Gasteiger charge is -2.17.